The molecule has 3 aromatic carbocycles. The number of nitro groups is 1. The number of hydrogen-bond donors (Lipinski definition) is 2. The summed E-state index contributed by atoms with van der Waals surface area (Å²) in [6.07, 6.45) is 0. The van der Waals surface area contributed by atoms with E-state index in [-0.39, 0.29) is 11.7 Å². The summed E-state index contributed by atoms with van der Waals surface area (Å²) in [6.45, 7) is 4.39. The third kappa shape index (κ3) is 6.30. The molecule has 0 amide bonds. The van der Waals surface area contributed by atoms with Crippen molar-refractivity contribution in [1.82, 2.24) is 25.5 Å². The van der Waals surface area contributed by atoms with Crippen LogP contribution < -0.4 is 20.1 Å². The van der Waals surface area contributed by atoms with Crippen LogP contribution in [-0.4, -0.2) is 44.8 Å². The van der Waals surface area contributed by atoms with E-state index >= 15 is 0 Å². The van der Waals surface area contributed by atoms with Gasteiger partial charge in [-0.1, -0.05) is 29.4 Å². The molecule has 0 aliphatic rings. The number of nitrogens with zero attached hydrogens (tertiary/aromatic N) is 5. The third-order valence-electron chi connectivity index (χ3n) is 4.99. The van der Waals surface area contributed by atoms with Crippen molar-refractivity contribution in [3.05, 3.63) is 88.5 Å². The lowest BCUT2D eigenvalue weighted by molar-refractivity contribution is -0.384. The molecule has 0 unspecified atom stereocenters. The molecule has 4 aromatic rings. The molecule has 4 rings (SSSR count). The highest BCUT2D eigenvalue weighted by atomic mass is 16.6. The average molecular weight is 476 g/mol. The van der Waals surface area contributed by atoms with Crippen LogP contribution in [0, 0.1) is 10.1 Å². The van der Waals surface area contributed by atoms with Crippen molar-refractivity contribution < 1.29 is 14.4 Å². The van der Waals surface area contributed by atoms with E-state index in [9.17, 15) is 10.1 Å². The smallest absolute Gasteiger partial charge is 0.346 e. The van der Waals surface area contributed by atoms with Crippen LogP contribution in [0.4, 0.5) is 11.4 Å². The van der Waals surface area contributed by atoms with Gasteiger partial charge < -0.3 is 20.1 Å². The van der Waals surface area contributed by atoms with Crippen molar-refractivity contribution in [1.29, 1.82) is 0 Å². The number of aromatic nitrogens is 4. The third-order valence-corrected chi connectivity index (χ3v) is 4.99. The van der Waals surface area contributed by atoms with Gasteiger partial charge >= 0.3 is 6.01 Å². The van der Waals surface area contributed by atoms with Gasteiger partial charge in [0.05, 0.1) is 17.2 Å². The van der Waals surface area contributed by atoms with Gasteiger partial charge in [-0.15, -0.1) is 0 Å². The number of nitro benzene ring substituents is 1. The van der Waals surface area contributed by atoms with Crippen LogP contribution in [0.15, 0.2) is 72.8 Å². The molecule has 0 bridgehead atoms. The molecule has 1 heterocycles. The lowest BCUT2D eigenvalue weighted by Gasteiger charge is -2.13. The van der Waals surface area contributed by atoms with Crippen molar-refractivity contribution >= 4 is 11.4 Å². The number of non-ortho nitro benzene ring substituents is 1. The highest BCUT2D eigenvalue weighted by Crippen LogP contribution is 2.32. The van der Waals surface area contributed by atoms with Gasteiger partial charge in [0, 0.05) is 37.5 Å². The molecule has 0 saturated carbocycles. The molecule has 0 spiro atoms. The highest BCUT2D eigenvalue weighted by molar-refractivity contribution is 5.48. The van der Waals surface area contributed by atoms with Crippen LogP contribution in [0.2, 0.25) is 0 Å². The van der Waals surface area contributed by atoms with E-state index in [4.69, 9.17) is 9.47 Å². The number of hydrogen-bond acceptors (Lipinski definition) is 9. The number of nitrogens with one attached hydrogen (secondary N) is 2. The number of benzene rings is 3. The number of para-hydroxylation sites is 1. The summed E-state index contributed by atoms with van der Waals surface area (Å²) < 4.78 is 13.3. The predicted molar refractivity (Wildman–Crippen MR) is 130 cm³/mol. The van der Waals surface area contributed by atoms with E-state index in [1.54, 1.807) is 12.1 Å². The monoisotopic (exact) mass is 475 g/mol. The minimum absolute atomic E-state index is 0.0720. The number of rotatable bonds is 12. The quantitative estimate of drug-likeness (QED) is 0.178. The summed E-state index contributed by atoms with van der Waals surface area (Å²) >= 11 is 0. The second-order valence-electron chi connectivity index (χ2n) is 7.43. The Morgan fingerprint density at radius 3 is 2.54 bits per heavy atom. The molecule has 1 aromatic heterocycles. The van der Waals surface area contributed by atoms with Gasteiger partial charge in [-0.05, 0) is 59.3 Å². The van der Waals surface area contributed by atoms with Crippen LogP contribution in [0.25, 0.3) is 5.69 Å². The Kier molecular flexibility index (Phi) is 7.81. The van der Waals surface area contributed by atoms with Crippen molar-refractivity contribution in [3.8, 4) is 23.2 Å². The van der Waals surface area contributed by atoms with E-state index in [2.05, 4.69) is 26.2 Å². The van der Waals surface area contributed by atoms with E-state index in [1.807, 2.05) is 55.5 Å². The summed E-state index contributed by atoms with van der Waals surface area (Å²) in [4.78, 5) is 10.3. The van der Waals surface area contributed by atoms with Crippen molar-refractivity contribution in [2.45, 2.75) is 13.5 Å². The van der Waals surface area contributed by atoms with Gasteiger partial charge in [0.1, 0.15) is 0 Å². The molecule has 0 aliphatic heterocycles. The molecule has 180 valence electrons. The molecule has 0 aliphatic carbocycles. The van der Waals surface area contributed by atoms with Gasteiger partial charge in [-0.2, -0.15) is 4.68 Å². The Bertz CT molecular complexity index is 1250. The SMILES string of the molecule is CCOc1cc(CNCCNc2ccc([N+](=O)[O-])cc2)ccc1Oc1nnnn1-c1ccccc1. The lowest BCUT2D eigenvalue weighted by atomic mass is 10.2. The first-order chi connectivity index (χ1) is 17.1. The fraction of sp³-hybridized carbons (Fsp3) is 0.208. The van der Waals surface area contributed by atoms with Crippen LogP contribution in [0.1, 0.15) is 12.5 Å². The fourth-order valence-corrected chi connectivity index (χ4v) is 3.32. The zero-order valence-electron chi connectivity index (χ0n) is 19.1. The normalized spacial score (nSPS) is 10.7. The Labute approximate surface area is 201 Å². The molecular formula is C24H25N7O4. The minimum Gasteiger partial charge on any atom is -0.490 e. The average Bonchev–Trinajstić information content (AvgIpc) is 3.34. The summed E-state index contributed by atoms with van der Waals surface area (Å²) in [5.41, 5.74) is 2.71. The first-order valence-electron chi connectivity index (χ1n) is 11.1. The van der Waals surface area contributed by atoms with Gasteiger partial charge in [-0.3, -0.25) is 10.1 Å². The van der Waals surface area contributed by atoms with Crippen LogP contribution in [-0.2, 0) is 6.54 Å². The summed E-state index contributed by atoms with van der Waals surface area (Å²) in [7, 11) is 0. The molecule has 0 atom stereocenters. The standard InChI is InChI=1S/C24H25N7O4/c1-2-34-23-16-18(17-25-14-15-26-19-9-11-21(12-10-19)31(32)33)8-13-22(23)35-24-27-28-29-30(24)20-6-4-3-5-7-20/h3-13,16,25-26H,2,14-15,17H2,1H3. The predicted octanol–water partition coefficient (Wildman–Crippen LogP) is 3.96. The summed E-state index contributed by atoms with van der Waals surface area (Å²) in [5.74, 6) is 1.11. The Morgan fingerprint density at radius 1 is 1.00 bits per heavy atom. The number of tetrazole rings is 1. The Morgan fingerprint density at radius 2 is 1.80 bits per heavy atom. The topological polar surface area (TPSA) is 129 Å². The molecule has 11 heteroatoms. The second-order valence-corrected chi connectivity index (χ2v) is 7.43. The van der Waals surface area contributed by atoms with E-state index < -0.39 is 4.92 Å². The number of anilines is 1. The lowest BCUT2D eigenvalue weighted by Crippen LogP contribution is -2.21. The zero-order valence-corrected chi connectivity index (χ0v) is 19.1. The van der Waals surface area contributed by atoms with Gasteiger partial charge in [-0.25, -0.2) is 0 Å². The van der Waals surface area contributed by atoms with Crippen molar-refractivity contribution in [2.75, 3.05) is 25.0 Å². The first-order valence-corrected chi connectivity index (χ1v) is 11.1. The van der Waals surface area contributed by atoms with Crippen molar-refractivity contribution in [2.24, 2.45) is 0 Å². The number of ether oxygens (including phenoxy) is 2. The van der Waals surface area contributed by atoms with Crippen molar-refractivity contribution in [3.63, 3.8) is 0 Å². The maximum absolute atomic E-state index is 10.7. The zero-order chi connectivity index (χ0) is 24.5. The molecule has 0 saturated heterocycles. The maximum Gasteiger partial charge on any atom is 0.346 e. The Balaban J connectivity index is 1.33. The molecular weight excluding hydrogens is 450 g/mol. The maximum atomic E-state index is 10.7. The van der Waals surface area contributed by atoms with Gasteiger partial charge in [0.2, 0.25) is 0 Å². The van der Waals surface area contributed by atoms with E-state index in [1.165, 1.54) is 16.8 Å². The highest BCUT2D eigenvalue weighted by Gasteiger charge is 2.14. The van der Waals surface area contributed by atoms with E-state index in [0.29, 0.717) is 37.7 Å². The molecule has 2 N–H and O–H groups in total. The van der Waals surface area contributed by atoms with Crippen LogP contribution in [0.5, 0.6) is 17.5 Å². The van der Waals surface area contributed by atoms with E-state index in [0.717, 1.165) is 16.9 Å². The second kappa shape index (κ2) is 11.6. The Hall–Kier alpha value is -4.51. The van der Waals surface area contributed by atoms with Crippen LogP contribution in [0.3, 0.4) is 0 Å². The summed E-state index contributed by atoms with van der Waals surface area (Å²) in [6, 6.07) is 21.8. The minimum atomic E-state index is -0.413. The van der Waals surface area contributed by atoms with Crippen LogP contribution >= 0.6 is 0 Å². The summed E-state index contributed by atoms with van der Waals surface area (Å²) in [5, 5.41) is 29.1. The largest absolute Gasteiger partial charge is 0.490 e. The fourth-order valence-electron chi connectivity index (χ4n) is 3.32. The van der Waals surface area contributed by atoms with Gasteiger partial charge in [0.15, 0.2) is 11.5 Å². The first kappa shape index (κ1) is 23.6. The molecule has 35 heavy (non-hydrogen) atoms. The molecule has 11 nitrogen and oxygen atoms in total. The van der Waals surface area contributed by atoms with Gasteiger partial charge in [0.25, 0.3) is 5.69 Å². The molecule has 0 radical (unpaired) electrons. The molecule has 0 fully saturated rings.